The van der Waals surface area contributed by atoms with Crippen molar-refractivity contribution in [1.29, 1.82) is 0 Å². The molecule has 1 aromatic carbocycles. The highest BCUT2D eigenvalue weighted by Crippen LogP contribution is 2.35. The fourth-order valence-corrected chi connectivity index (χ4v) is 3.64. The van der Waals surface area contributed by atoms with Crippen LogP contribution in [-0.2, 0) is 0 Å². The highest BCUT2D eigenvalue weighted by molar-refractivity contribution is 5.57. The van der Waals surface area contributed by atoms with Crippen LogP contribution in [0.5, 0.6) is 5.75 Å². The number of hydrogen-bond donors (Lipinski definition) is 2. The summed E-state index contributed by atoms with van der Waals surface area (Å²) in [5.74, 6) is 2.78. The van der Waals surface area contributed by atoms with Gasteiger partial charge in [-0.15, -0.1) is 5.10 Å². The van der Waals surface area contributed by atoms with E-state index in [-0.39, 0.29) is 0 Å². The van der Waals surface area contributed by atoms with Crippen LogP contribution < -0.4 is 10.5 Å². The van der Waals surface area contributed by atoms with E-state index in [0.29, 0.717) is 17.8 Å². The van der Waals surface area contributed by atoms with Crippen LogP contribution in [-0.4, -0.2) is 38.1 Å². The lowest BCUT2D eigenvalue weighted by molar-refractivity contribution is 0.378. The Kier molecular flexibility index (Phi) is 4.46. The third-order valence-corrected chi connectivity index (χ3v) is 5.15. The van der Waals surface area contributed by atoms with Crippen LogP contribution in [0.3, 0.4) is 0 Å². The predicted molar refractivity (Wildman–Crippen MR) is 99.4 cm³/mol. The van der Waals surface area contributed by atoms with E-state index < -0.39 is 0 Å². The van der Waals surface area contributed by atoms with Gasteiger partial charge in [0.2, 0.25) is 0 Å². The summed E-state index contributed by atoms with van der Waals surface area (Å²) in [5, 5.41) is 11.9. The SMILES string of the molecule is COc1ccccc1-n1nc(-c2cn[nH]c2C)nc1C1CCC(N)CC1. The number of aryl methyl sites for hydroxylation is 1. The number of nitrogens with one attached hydrogen (secondary N) is 1. The van der Waals surface area contributed by atoms with E-state index in [9.17, 15) is 0 Å². The van der Waals surface area contributed by atoms with Crippen LogP contribution >= 0.6 is 0 Å². The van der Waals surface area contributed by atoms with Gasteiger partial charge in [0.15, 0.2) is 5.82 Å². The topological polar surface area (TPSA) is 94.6 Å². The van der Waals surface area contributed by atoms with Crippen LogP contribution in [0, 0.1) is 6.92 Å². The molecule has 0 radical (unpaired) electrons. The normalized spacial score (nSPS) is 20.3. The lowest BCUT2D eigenvalue weighted by Gasteiger charge is -2.25. The van der Waals surface area contributed by atoms with Gasteiger partial charge in [0.1, 0.15) is 17.3 Å². The van der Waals surface area contributed by atoms with E-state index in [1.807, 2.05) is 35.9 Å². The maximum Gasteiger partial charge on any atom is 0.185 e. The molecule has 2 aromatic heterocycles. The Bertz CT molecular complexity index is 891. The zero-order chi connectivity index (χ0) is 18.1. The van der Waals surface area contributed by atoms with Gasteiger partial charge >= 0.3 is 0 Å². The van der Waals surface area contributed by atoms with E-state index in [1.54, 1.807) is 13.3 Å². The predicted octanol–water partition coefficient (Wildman–Crippen LogP) is 2.96. The van der Waals surface area contributed by atoms with Crippen molar-refractivity contribution in [3.8, 4) is 22.8 Å². The van der Waals surface area contributed by atoms with Crippen molar-refractivity contribution in [3.05, 3.63) is 42.0 Å². The molecule has 7 nitrogen and oxygen atoms in total. The number of nitrogens with zero attached hydrogens (tertiary/aromatic N) is 4. The van der Waals surface area contributed by atoms with Gasteiger partial charge in [0.05, 0.1) is 18.9 Å². The van der Waals surface area contributed by atoms with Crippen molar-refractivity contribution in [2.45, 2.75) is 44.6 Å². The number of benzene rings is 1. The zero-order valence-electron chi connectivity index (χ0n) is 15.1. The smallest absolute Gasteiger partial charge is 0.185 e. The van der Waals surface area contributed by atoms with Gasteiger partial charge in [0.25, 0.3) is 0 Å². The van der Waals surface area contributed by atoms with Crippen molar-refractivity contribution in [2.24, 2.45) is 5.73 Å². The number of H-pyrrole nitrogens is 1. The maximum absolute atomic E-state index is 6.10. The average molecular weight is 352 g/mol. The minimum Gasteiger partial charge on any atom is -0.494 e. The summed E-state index contributed by atoms with van der Waals surface area (Å²) in [6.07, 6.45) is 5.86. The molecule has 4 rings (SSSR count). The molecule has 1 saturated carbocycles. The number of aromatic nitrogens is 5. The van der Waals surface area contributed by atoms with Gasteiger partial charge in [-0.3, -0.25) is 5.10 Å². The lowest BCUT2D eigenvalue weighted by Crippen LogP contribution is -2.26. The molecule has 3 N–H and O–H groups in total. The van der Waals surface area contributed by atoms with Crippen LogP contribution in [0.4, 0.5) is 0 Å². The average Bonchev–Trinajstić information content (AvgIpc) is 3.28. The standard InChI is InChI=1S/C19H24N6O/c1-12-15(11-21-23-12)18-22-19(13-7-9-14(20)10-8-13)25(24-18)16-5-3-4-6-17(16)26-2/h3-6,11,13-14H,7-10,20H2,1-2H3,(H,21,23). The first-order valence-electron chi connectivity index (χ1n) is 9.03. The van der Waals surface area contributed by atoms with E-state index >= 15 is 0 Å². The molecule has 7 heteroatoms. The molecule has 0 aliphatic heterocycles. The first kappa shape index (κ1) is 16.8. The van der Waals surface area contributed by atoms with Gasteiger partial charge < -0.3 is 10.5 Å². The van der Waals surface area contributed by atoms with Crippen molar-refractivity contribution in [1.82, 2.24) is 25.0 Å². The second kappa shape index (κ2) is 6.92. The van der Waals surface area contributed by atoms with Gasteiger partial charge in [-0.2, -0.15) is 5.10 Å². The Balaban J connectivity index is 1.83. The second-order valence-electron chi connectivity index (χ2n) is 6.90. The molecule has 1 fully saturated rings. The number of nitrogens with two attached hydrogens (primary N) is 1. The van der Waals surface area contributed by atoms with Crippen LogP contribution in [0.1, 0.15) is 43.1 Å². The Hall–Kier alpha value is -2.67. The van der Waals surface area contributed by atoms with Crippen molar-refractivity contribution in [2.75, 3.05) is 7.11 Å². The molecule has 1 aliphatic rings. The van der Waals surface area contributed by atoms with Gasteiger partial charge in [-0.05, 0) is 44.7 Å². The van der Waals surface area contributed by atoms with Gasteiger partial charge in [0, 0.05) is 17.7 Å². The molecule has 2 heterocycles. The molecule has 3 aromatic rings. The maximum atomic E-state index is 6.10. The first-order valence-corrected chi connectivity index (χ1v) is 9.03. The molecule has 26 heavy (non-hydrogen) atoms. The summed E-state index contributed by atoms with van der Waals surface area (Å²) < 4.78 is 7.49. The molecule has 0 unspecified atom stereocenters. The number of para-hydroxylation sites is 2. The summed E-state index contributed by atoms with van der Waals surface area (Å²) in [5.41, 5.74) is 8.88. The molecule has 0 spiro atoms. The number of hydrogen-bond acceptors (Lipinski definition) is 5. The molecule has 0 saturated heterocycles. The highest BCUT2D eigenvalue weighted by Gasteiger charge is 2.27. The van der Waals surface area contributed by atoms with Crippen LogP contribution in [0.25, 0.3) is 17.1 Å². The van der Waals surface area contributed by atoms with Crippen molar-refractivity contribution in [3.63, 3.8) is 0 Å². The second-order valence-corrected chi connectivity index (χ2v) is 6.90. The summed E-state index contributed by atoms with van der Waals surface area (Å²) in [6, 6.07) is 8.20. The number of rotatable bonds is 4. The summed E-state index contributed by atoms with van der Waals surface area (Å²) in [4.78, 5) is 4.91. The quantitative estimate of drug-likeness (QED) is 0.753. The van der Waals surface area contributed by atoms with E-state index in [1.165, 1.54) is 0 Å². The Morgan fingerprint density at radius 2 is 1.96 bits per heavy atom. The third-order valence-electron chi connectivity index (χ3n) is 5.15. The lowest BCUT2D eigenvalue weighted by atomic mass is 9.86. The van der Waals surface area contributed by atoms with E-state index in [4.69, 9.17) is 20.6 Å². The zero-order valence-corrected chi connectivity index (χ0v) is 15.1. The minimum atomic E-state index is 0.296. The Labute approximate surface area is 152 Å². The van der Waals surface area contributed by atoms with E-state index in [2.05, 4.69) is 10.2 Å². The van der Waals surface area contributed by atoms with E-state index in [0.717, 1.165) is 54.2 Å². The number of methoxy groups -OCH3 is 1. The summed E-state index contributed by atoms with van der Waals surface area (Å²) in [6.45, 7) is 1.98. The molecule has 0 amide bonds. The molecule has 0 atom stereocenters. The summed E-state index contributed by atoms with van der Waals surface area (Å²) in [7, 11) is 1.68. The third kappa shape index (κ3) is 2.99. The number of ether oxygens (including phenoxy) is 1. The largest absolute Gasteiger partial charge is 0.494 e. The number of aromatic amines is 1. The fourth-order valence-electron chi connectivity index (χ4n) is 3.64. The molecule has 136 valence electrons. The fraction of sp³-hybridized carbons (Fsp3) is 0.421. The molecular weight excluding hydrogens is 328 g/mol. The van der Waals surface area contributed by atoms with Gasteiger partial charge in [-0.1, -0.05) is 12.1 Å². The van der Waals surface area contributed by atoms with Gasteiger partial charge in [-0.25, -0.2) is 9.67 Å². The van der Waals surface area contributed by atoms with Crippen molar-refractivity contribution >= 4 is 0 Å². The molecular formula is C19H24N6O. The van der Waals surface area contributed by atoms with Crippen LogP contribution in [0.2, 0.25) is 0 Å². The Morgan fingerprint density at radius 3 is 2.65 bits per heavy atom. The minimum absolute atomic E-state index is 0.296. The van der Waals surface area contributed by atoms with Crippen LogP contribution in [0.15, 0.2) is 30.5 Å². The highest BCUT2D eigenvalue weighted by atomic mass is 16.5. The monoisotopic (exact) mass is 352 g/mol. The molecule has 1 aliphatic carbocycles. The Morgan fingerprint density at radius 1 is 1.19 bits per heavy atom. The summed E-state index contributed by atoms with van der Waals surface area (Å²) >= 11 is 0. The molecule has 0 bridgehead atoms. The van der Waals surface area contributed by atoms with Crippen molar-refractivity contribution < 1.29 is 4.74 Å². The first-order chi connectivity index (χ1) is 12.7.